The molecule has 2 rings (SSSR count). The molecule has 2 heterocycles. The third kappa shape index (κ3) is 3.69. The molecule has 0 N–H and O–H groups in total. The van der Waals surface area contributed by atoms with Gasteiger partial charge in [-0.25, -0.2) is 14.6 Å². The molecule has 0 aliphatic heterocycles. The first-order valence-corrected chi connectivity index (χ1v) is 6.64. The maximum Gasteiger partial charge on any atom is 0.435 e. The molecule has 0 radical (unpaired) electrons. The Kier molecular flexibility index (Phi) is 4.25. The summed E-state index contributed by atoms with van der Waals surface area (Å²) >= 11 is 0. The maximum absolute atomic E-state index is 11.9. The minimum Gasteiger partial charge on any atom is -0.464 e. The van der Waals surface area contributed by atoms with Crippen molar-refractivity contribution in [3.05, 3.63) is 36.3 Å². The van der Waals surface area contributed by atoms with E-state index in [2.05, 4.69) is 14.8 Å². The Bertz CT molecular complexity index is 701. The molecule has 2 aromatic heterocycles. The van der Waals surface area contributed by atoms with Gasteiger partial charge in [-0.2, -0.15) is 9.78 Å². The molecule has 0 atom stereocenters. The van der Waals surface area contributed by atoms with Gasteiger partial charge in [-0.05, 0) is 32.9 Å². The molecule has 7 heteroatoms. The number of rotatable bonds is 2. The number of carbonyl (C=O) groups is 2. The van der Waals surface area contributed by atoms with Crippen LogP contribution in [-0.4, -0.2) is 39.5 Å². The predicted molar refractivity (Wildman–Crippen MR) is 78.4 cm³/mol. The van der Waals surface area contributed by atoms with Crippen LogP contribution in [0.2, 0.25) is 0 Å². The van der Waals surface area contributed by atoms with Crippen molar-refractivity contribution >= 4 is 12.1 Å². The van der Waals surface area contributed by atoms with Gasteiger partial charge in [0.05, 0.1) is 19.0 Å². The predicted octanol–water partition coefficient (Wildman–Crippen LogP) is 2.51. The molecule has 22 heavy (non-hydrogen) atoms. The number of nitrogens with zero attached hydrogens (tertiary/aromatic N) is 3. The molecule has 116 valence electrons. The van der Waals surface area contributed by atoms with Crippen LogP contribution in [0.3, 0.4) is 0 Å². The van der Waals surface area contributed by atoms with Crippen LogP contribution in [0.5, 0.6) is 0 Å². The largest absolute Gasteiger partial charge is 0.464 e. The molecule has 0 fully saturated rings. The first kappa shape index (κ1) is 15.7. The highest BCUT2D eigenvalue weighted by atomic mass is 16.6. The molecule has 0 amide bonds. The molecule has 0 bridgehead atoms. The van der Waals surface area contributed by atoms with E-state index in [0.29, 0.717) is 11.3 Å². The quantitative estimate of drug-likeness (QED) is 0.793. The average molecular weight is 303 g/mol. The van der Waals surface area contributed by atoms with E-state index in [0.717, 1.165) is 4.68 Å². The number of ether oxygens (including phenoxy) is 2. The number of carbonyl (C=O) groups excluding carboxylic acids is 2. The Labute approximate surface area is 127 Å². The van der Waals surface area contributed by atoms with Crippen LogP contribution >= 0.6 is 0 Å². The smallest absolute Gasteiger partial charge is 0.435 e. The lowest BCUT2D eigenvalue weighted by molar-refractivity contribution is 0.0513. The van der Waals surface area contributed by atoms with Gasteiger partial charge in [-0.15, -0.1) is 0 Å². The van der Waals surface area contributed by atoms with Gasteiger partial charge in [-0.1, -0.05) is 6.07 Å². The third-order valence-corrected chi connectivity index (χ3v) is 2.60. The number of esters is 1. The van der Waals surface area contributed by atoms with Crippen LogP contribution < -0.4 is 0 Å². The number of methoxy groups -OCH3 is 1. The summed E-state index contributed by atoms with van der Waals surface area (Å²) in [4.78, 5) is 27.6. The fraction of sp³-hybridized carbons (Fsp3) is 0.333. The topological polar surface area (TPSA) is 83.3 Å². The molecule has 7 nitrogen and oxygen atoms in total. The number of pyridine rings is 1. The van der Waals surface area contributed by atoms with E-state index < -0.39 is 17.7 Å². The minimum absolute atomic E-state index is 0.185. The van der Waals surface area contributed by atoms with Crippen molar-refractivity contribution in [2.24, 2.45) is 0 Å². The molecule has 0 saturated heterocycles. The van der Waals surface area contributed by atoms with Gasteiger partial charge in [0.1, 0.15) is 11.3 Å². The van der Waals surface area contributed by atoms with Crippen molar-refractivity contribution in [3.8, 4) is 11.3 Å². The molecule has 0 aliphatic rings. The summed E-state index contributed by atoms with van der Waals surface area (Å²) < 4.78 is 10.9. The SMILES string of the molecule is COC(=O)c1cccc(-c2cnn(C(=O)OC(C)(C)C)c2)n1. The van der Waals surface area contributed by atoms with E-state index in [1.807, 2.05) is 0 Å². The molecule has 0 saturated carbocycles. The van der Waals surface area contributed by atoms with Crippen molar-refractivity contribution in [1.82, 2.24) is 14.8 Å². The fourth-order valence-electron chi connectivity index (χ4n) is 1.68. The number of hydrogen-bond acceptors (Lipinski definition) is 6. The molecular formula is C15H17N3O4. The summed E-state index contributed by atoms with van der Waals surface area (Å²) in [5.74, 6) is -0.526. The third-order valence-electron chi connectivity index (χ3n) is 2.60. The van der Waals surface area contributed by atoms with Crippen LogP contribution in [-0.2, 0) is 9.47 Å². The van der Waals surface area contributed by atoms with Crippen LogP contribution in [0.15, 0.2) is 30.6 Å². The maximum atomic E-state index is 11.9. The second-order valence-corrected chi connectivity index (χ2v) is 5.55. The van der Waals surface area contributed by atoms with Gasteiger partial charge >= 0.3 is 12.1 Å². The summed E-state index contributed by atoms with van der Waals surface area (Å²) in [5, 5.41) is 3.96. The zero-order valence-electron chi connectivity index (χ0n) is 12.9. The van der Waals surface area contributed by atoms with Crippen molar-refractivity contribution < 1.29 is 19.1 Å². The first-order chi connectivity index (χ1) is 10.3. The average Bonchev–Trinajstić information content (AvgIpc) is 2.95. The molecule has 0 unspecified atom stereocenters. The molecule has 0 aliphatic carbocycles. The minimum atomic E-state index is -0.605. The monoisotopic (exact) mass is 303 g/mol. The Morgan fingerprint density at radius 3 is 2.59 bits per heavy atom. The lowest BCUT2D eigenvalue weighted by Gasteiger charge is -2.18. The standard InChI is InChI=1S/C15H17N3O4/c1-15(2,3)22-14(20)18-9-10(8-16-18)11-6-5-7-12(17-11)13(19)21-4/h5-9H,1-4H3. The normalized spacial score (nSPS) is 11.1. The van der Waals surface area contributed by atoms with Crippen molar-refractivity contribution in [1.29, 1.82) is 0 Å². The van der Waals surface area contributed by atoms with Gasteiger partial charge in [-0.3, -0.25) is 0 Å². The van der Waals surface area contributed by atoms with Crippen LogP contribution in [0, 0.1) is 0 Å². The summed E-state index contributed by atoms with van der Waals surface area (Å²) in [6.07, 6.45) is 2.40. The van der Waals surface area contributed by atoms with E-state index in [1.54, 1.807) is 39.0 Å². The van der Waals surface area contributed by atoms with E-state index in [1.165, 1.54) is 19.5 Å². The van der Waals surface area contributed by atoms with Crippen molar-refractivity contribution in [2.75, 3.05) is 7.11 Å². The van der Waals surface area contributed by atoms with E-state index in [9.17, 15) is 9.59 Å². The Morgan fingerprint density at radius 2 is 1.95 bits per heavy atom. The van der Waals surface area contributed by atoms with E-state index >= 15 is 0 Å². The summed E-state index contributed by atoms with van der Waals surface area (Å²) in [6.45, 7) is 5.32. The first-order valence-electron chi connectivity index (χ1n) is 6.64. The second-order valence-electron chi connectivity index (χ2n) is 5.55. The van der Waals surface area contributed by atoms with Crippen molar-refractivity contribution in [2.45, 2.75) is 26.4 Å². The van der Waals surface area contributed by atoms with Gasteiger partial charge in [0.15, 0.2) is 0 Å². The van der Waals surface area contributed by atoms with Crippen molar-refractivity contribution in [3.63, 3.8) is 0 Å². The van der Waals surface area contributed by atoms with Crippen LogP contribution in [0.25, 0.3) is 11.3 Å². The lowest BCUT2D eigenvalue weighted by atomic mass is 10.2. The number of hydrogen-bond donors (Lipinski definition) is 0. The van der Waals surface area contributed by atoms with Gasteiger partial charge in [0.2, 0.25) is 0 Å². The highest BCUT2D eigenvalue weighted by Crippen LogP contribution is 2.17. The molecule has 0 aromatic carbocycles. The second kappa shape index (κ2) is 5.97. The Balaban J connectivity index is 2.25. The van der Waals surface area contributed by atoms with E-state index in [-0.39, 0.29) is 5.69 Å². The van der Waals surface area contributed by atoms with Crippen LogP contribution in [0.4, 0.5) is 4.79 Å². The van der Waals surface area contributed by atoms with Gasteiger partial charge in [0.25, 0.3) is 0 Å². The highest BCUT2D eigenvalue weighted by Gasteiger charge is 2.19. The molecule has 2 aromatic rings. The summed E-state index contributed by atoms with van der Waals surface area (Å²) in [7, 11) is 1.29. The fourth-order valence-corrected chi connectivity index (χ4v) is 1.68. The van der Waals surface area contributed by atoms with E-state index in [4.69, 9.17) is 4.74 Å². The highest BCUT2D eigenvalue weighted by molar-refractivity contribution is 5.87. The Hall–Kier alpha value is -2.70. The van der Waals surface area contributed by atoms with Gasteiger partial charge < -0.3 is 9.47 Å². The summed E-state index contributed by atoms with van der Waals surface area (Å²) in [5.41, 5.74) is 0.686. The summed E-state index contributed by atoms with van der Waals surface area (Å²) in [6, 6.07) is 4.94. The zero-order valence-corrected chi connectivity index (χ0v) is 12.9. The zero-order chi connectivity index (χ0) is 16.3. The number of aromatic nitrogens is 3. The lowest BCUT2D eigenvalue weighted by Crippen LogP contribution is -2.27. The van der Waals surface area contributed by atoms with Crippen LogP contribution in [0.1, 0.15) is 31.3 Å². The molecule has 0 spiro atoms. The Morgan fingerprint density at radius 1 is 1.23 bits per heavy atom. The molecular weight excluding hydrogens is 286 g/mol. The van der Waals surface area contributed by atoms with Gasteiger partial charge in [0, 0.05) is 11.8 Å².